The molecule has 0 aliphatic heterocycles. The van der Waals surface area contributed by atoms with Crippen LogP contribution in [0.2, 0.25) is 0 Å². The predicted molar refractivity (Wildman–Crippen MR) is 56.2 cm³/mol. The Morgan fingerprint density at radius 1 is 1.00 bits per heavy atom. The summed E-state index contributed by atoms with van der Waals surface area (Å²) in [4.78, 5) is 39.4. The van der Waals surface area contributed by atoms with E-state index in [0.717, 1.165) is 25.7 Å². The molecule has 16 heavy (non-hydrogen) atoms. The van der Waals surface area contributed by atoms with Crippen LogP contribution < -0.4 is 0 Å². The summed E-state index contributed by atoms with van der Waals surface area (Å²) >= 11 is 0. The van der Waals surface area contributed by atoms with Crippen molar-refractivity contribution >= 4 is 11.9 Å². The molecule has 0 saturated carbocycles. The third-order valence-electron chi connectivity index (χ3n) is 1.91. The lowest BCUT2D eigenvalue weighted by molar-refractivity contribution is -0.257. The molecular weight excluding hydrogens is 214 g/mol. The molecule has 0 bridgehead atoms. The molecule has 6 nitrogen and oxygen atoms in total. The Balaban J connectivity index is 3.37. The van der Waals surface area contributed by atoms with Gasteiger partial charge < -0.3 is 0 Å². The molecule has 6 heteroatoms. The Morgan fingerprint density at radius 3 is 2.25 bits per heavy atom. The van der Waals surface area contributed by atoms with E-state index in [1.54, 1.807) is 0 Å². The maximum Gasteiger partial charge on any atom is 0.380 e. The first-order valence-electron chi connectivity index (χ1n) is 5.40. The minimum atomic E-state index is -0.964. The van der Waals surface area contributed by atoms with Crippen LogP contribution in [0.15, 0.2) is 5.18 Å². The van der Waals surface area contributed by atoms with Crippen LogP contribution in [0, 0.1) is 4.91 Å². The van der Waals surface area contributed by atoms with E-state index in [1.807, 2.05) is 0 Å². The van der Waals surface area contributed by atoms with E-state index in [4.69, 9.17) is 0 Å². The molecule has 0 aliphatic carbocycles. The number of rotatable bonds is 8. The Kier molecular flexibility index (Phi) is 9.15. The number of hydrogen-bond acceptors (Lipinski definition) is 6. The van der Waals surface area contributed by atoms with Gasteiger partial charge in [0.1, 0.15) is 0 Å². The number of hydrogen-bond donors (Lipinski definition) is 0. The quantitative estimate of drug-likeness (QED) is 0.276. The molecule has 0 radical (unpaired) electrons. The lowest BCUT2D eigenvalue weighted by atomic mass is 10.1. The number of carbonyl (C=O) groups excluding carboxylic acids is 2. The van der Waals surface area contributed by atoms with Crippen LogP contribution in [0.3, 0.4) is 0 Å². The molecule has 0 aromatic rings. The molecule has 0 amide bonds. The highest BCUT2D eigenvalue weighted by Gasteiger charge is 2.09. The van der Waals surface area contributed by atoms with E-state index in [-0.39, 0.29) is 6.42 Å². The summed E-state index contributed by atoms with van der Waals surface area (Å²) in [5.74, 6) is -1.56. The van der Waals surface area contributed by atoms with E-state index in [0.29, 0.717) is 6.42 Å². The van der Waals surface area contributed by atoms with Gasteiger partial charge in [-0.2, -0.15) is 4.91 Å². The standard InChI is InChI=1S/C10H17NO5/c1-2-3-4-5-6-7-9(12)15-16-10(13)8-11-14/h2-8H2,1H3. The van der Waals surface area contributed by atoms with Gasteiger partial charge in [0, 0.05) is 0 Å². The minimum absolute atomic E-state index is 0.214. The van der Waals surface area contributed by atoms with E-state index in [1.165, 1.54) is 0 Å². The molecular formula is C10H17NO5. The fraction of sp³-hybridized carbons (Fsp3) is 0.800. The van der Waals surface area contributed by atoms with Crippen molar-refractivity contribution in [2.24, 2.45) is 5.18 Å². The Labute approximate surface area is 94.2 Å². The van der Waals surface area contributed by atoms with E-state index in [2.05, 4.69) is 21.9 Å². The van der Waals surface area contributed by atoms with Gasteiger partial charge in [0.05, 0.1) is 6.42 Å². The molecule has 0 aromatic carbocycles. The summed E-state index contributed by atoms with van der Waals surface area (Å²) in [6.07, 6.45) is 5.25. The van der Waals surface area contributed by atoms with Gasteiger partial charge in [-0.3, -0.25) is 0 Å². The first-order valence-corrected chi connectivity index (χ1v) is 5.40. The zero-order valence-corrected chi connectivity index (χ0v) is 9.44. The fourth-order valence-electron chi connectivity index (χ4n) is 1.09. The van der Waals surface area contributed by atoms with Crippen LogP contribution in [0.1, 0.15) is 45.4 Å². The van der Waals surface area contributed by atoms with Crippen molar-refractivity contribution in [1.29, 1.82) is 0 Å². The highest BCUT2D eigenvalue weighted by atomic mass is 17.2. The molecule has 0 N–H and O–H groups in total. The average Bonchev–Trinajstić information content (AvgIpc) is 2.26. The second kappa shape index (κ2) is 10.1. The summed E-state index contributed by atoms with van der Waals surface area (Å²) < 4.78 is 0. The fourth-order valence-corrected chi connectivity index (χ4v) is 1.09. The summed E-state index contributed by atoms with van der Waals surface area (Å²) in [5, 5.41) is 2.29. The van der Waals surface area contributed by atoms with Gasteiger partial charge in [0.25, 0.3) is 0 Å². The lowest BCUT2D eigenvalue weighted by Gasteiger charge is -2.01. The molecule has 92 valence electrons. The average molecular weight is 231 g/mol. The molecule has 0 heterocycles. The maximum absolute atomic E-state index is 11.0. The van der Waals surface area contributed by atoms with Gasteiger partial charge in [0.2, 0.25) is 0 Å². The van der Waals surface area contributed by atoms with Gasteiger partial charge in [0.15, 0.2) is 6.54 Å². The first kappa shape index (κ1) is 14.5. The van der Waals surface area contributed by atoms with Crippen LogP contribution in [-0.4, -0.2) is 18.5 Å². The predicted octanol–water partition coefficient (Wildman–Crippen LogP) is 2.11. The third-order valence-corrected chi connectivity index (χ3v) is 1.91. The lowest BCUT2D eigenvalue weighted by Crippen LogP contribution is -2.13. The van der Waals surface area contributed by atoms with Gasteiger partial charge in [-0.05, 0) is 6.42 Å². The third kappa shape index (κ3) is 9.11. The molecule has 0 aromatic heterocycles. The van der Waals surface area contributed by atoms with Crippen molar-refractivity contribution in [3.8, 4) is 0 Å². The van der Waals surface area contributed by atoms with Crippen LogP contribution in [0.25, 0.3) is 0 Å². The summed E-state index contributed by atoms with van der Waals surface area (Å²) in [5.41, 5.74) is 0. The Morgan fingerprint density at radius 2 is 1.62 bits per heavy atom. The highest BCUT2D eigenvalue weighted by Crippen LogP contribution is 2.05. The van der Waals surface area contributed by atoms with Crippen LogP contribution in [0.5, 0.6) is 0 Å². The van der Waals surface area contributed by atoms with Crippen LogP contribution in [0.4, 0.5) is 0 Å². The number of nitroso groups, excluding NO2 is 1. The van der Waals surface area contributed by atoms with Crippen LogP contribution in [-0.2, 0) is 19.4 Å². The van der Waals surface area contributed by atoms with Crippen molar-refractivity contribution in [2.45, 2.75) is 45.4 Å². The molecule has 0 aliphatic rings. The smallest absolute Gasteiger partial charge is 0.247 e. The Hall–Kier alpha value is -1.46. The maximum atomic E-state index is 11.0. The van der Waals surface area contributed by atoms with Gasteiger partial charge in [-0.1, -0.05) is 37.8 Å². The number of nitrogens with zero attached hydrogens (tertiary/aromatic N) is 1. The molecule has 0 atom stereocenters. The van der Waals surface area contributed by atoms with Crippen molar-refractivity contribution in [3.63, 3.8) is 0 Å². The molecule has 0 rings (SSSR count). The number of unbranched alkanes of at least 4 members (excludes halogenated alkanes) is 4. The molecule has 0 spiro atoms. The minimum Gasteiger partial charge on any atom is -0.247 e. The second-order valence-electron chi connectivity index (χ2n) is 3.36. The summed E-state index contributed by atoms with van der Waals surface area (Å²) in [6, 6.07) is 0. The van der Waals surface area contributed by atoms with Crippen LogP contribution >= 0.6 is 0 Å². The molecule has 0 saturated heterocycles. The summed E-state index contributed by atoms with van der Waals surface area (Å²) in [6.45, 7) is 1.46. The summed E-state index contributed by atoms with van der Waals surface area (Å²) in [7, 11) is 0. The normalized spacial score (nSPS) is 9.56. The van der Waals surface area contributed by atoms with Crippen molar-refractivity contribution in [1.82, 2.24) is 0 Å². The van der Waals surface area contributed by atoms with Crippen molar-refractivity contribution in [3.05, 3.63) is 4.91 Å². The van der Waals surface area contributed by atoms with Gasteiger partial charge >= 0.3 is 11.9 Å². The zero-order valence-electron chi connectivity index (χ0n) is 9.44. The molecule has 0 fully saturated rings. The highest BCUT2D eigenvalue weighted by molar-refractivity contribution is 5.74. The number of carbonyl (C=O) groups is 2. The first-order chi connectivity index (χ1) is 7.70. The largest absolute Gasteiger partial charge is 0.380 e. The van der Waals surface area contributed by atoms with E-state index in [9.17, 15) is 14.5 Å². The van der Waals surface area contributed by atoms with Crippen molar-refractivity contribution in [2.75, 3.05) is 6.54 Å². The Bertz CT molecular complexity index is 229. The topological polar surface area (TPSA) is 82.0 Å². The second-order valence-corrected chi connectivity index (χ2v) is 3.36. The zero-order chi connectivity index (χ0) is 12.2. The van der Waals surface area contributed by atoms with Gasteiger partial charge in [-0.25, -0.2) is 19.4 Å². The monoisotopic (exact) mass is 231 g/mol. The molecule has 0 unspecified atom stereocenters. The van der Waals surface area contributed by atoms with E-state index < -0.39 is 18.5 Å². The van der Waals surface area contributed by atoms with E-state index >= 15 is 0 Å². The van der Waals surface area contributed by atoms with Gasteiger partial charge in [-0.15, -0.1) is 0 Å². The van der Waals surface area contributed by atoms with Crippen molar-refractivity contribution < 1.29 is 19.4 Å². The SMILES string of the molecule is CCCCCCCC(=O)OOC(=O)CN=O.